The van der Waals surface area contributed by atoms with E-state index in [0.29, 0.717) is 23.7 Å². The highest BCUT2D eigenvalue weighted by molar-refractivity contribution is 14.1. The highest BCUT2D eigenvalue weighted by Crippen LogP contribution is 2.24. The quantitative estimate of drug-likeness (QED) is 0.795. The molecule has 0 aromatic carbocycles. The third-order valence-electron chi connectivity index (χ3n) is 2.53. The number of fused-ring (bicyclic) bond motifs is 1. The fourth-order valence-electron chi connectivity index (χ4n) is 1.46. The largest absolute Gasteiger partial charge is 0.476 e. The molecule has 0 saturated carbocycles. The number of imidazole rings is 1. The minimum atomic E-state index is -0.140. The Balaban J connectivity index is 2.40. The molecule has 7 nitrogen and oxygen atoms in total. The summed E-state index contributed by atoms with van der Waals surface area (Å²) in [6.45, 7) is 6.17. The number of amides is 1. The van der Waals surface area contributed by atoms with Crippen LogP contribution < -0.4 is 10.1 Å². The van der Waals surface area contributed by atoms with Gasteiger partial charge in [-0.25, -0.2) is 4.98 Å². The standard InChI is InChI=1S/C12H16IN5O2/c1-4-5-20-11-8-9(18(13)6-14-8)15-12(17-11)16-10(19)7(2)3/h6-7H,4-5H2,1-3H3,(H,15,16,17,19). The molecule has 0 spiro atoms. The van der Waals surface area contributed by atoms with E-state index in [1.165, 1.54) is 0 Å². The van der Waals surface area contributed by atoms with Crippen LogP contribution in [0.1, 0.15) is 27.2 Å². The molecule has 1 amide bonds. The van der Waals surface area contributed by atoms with Crippen LogP contribution in [0.4, 0.5) is 5.95 Å². The molecule has 8 heteroatoms. The van der Waals surface area contributed by atoms with Gasteiger partial charge in [0, 0.05) is 5.92 Å². The Hall–Kier alpha value is -1.45. The van der Waals surface area contributed by atoms with Gasteiger partial charge in [-0.3, -0.25) is 12.9 Å². The Labute approximate surface area is 130 Å². The van der Waals surface area contributed by atoms with Gasteiger partial charge in [0.05, 0.1) is 29.5 Å². The average molecular weight is 389 g/mol. The summed E-state index contributed by atoms with van der Waals surface area (Å²) in [5, 5.41) is 2.68. The fraction of sp³-hybridized carbons (Fsp3) is 0.500. The van der Waals surface area contributed by atoms with E-state index in [1.807, 2.05) is 20.8 Å². The number of halogens is 1. The van der Waals surface area contributed by atoms with Gasteiger partial charge in [0.2, 0.25) is 17.7 Å². The zero-order valence-electron chi connectivity index (χ0n) is 11.6. The average Bonchev–Trinajstić information content (AvgIpc) is 2.78. The molecule has 0 aliphatic carbocycles. The zero-order chi connectivity index (χ0) is 14.7. The number of nitrogens with one attached hydrogen (secondary N) is 1. The molecule has 2 heterocycles. The first-order valence-electron chi connectivity index (χ1n) is 6.37. The van der Waals surface area contributed by atoms with Gasteiger partial charge in [0.25, 0.3) is 0 Å². The van der Waals surface area contributed by atoms with Gasteiger partial charge >= 0.3 is 0 Å². The van der Waals surface area contributed by atoms with Crippen molar-refractivity contribution in [3.8, 4) is 5.88 Å². The molecule has 0 radical (unpaired) electrons. The topological polar surface area (TPSA) is 81.9 Å². The minimum Gasteiger partial charge on any atom is -0.476 e. The molecule has 20 heavy (non-hydrogen) atoms. The summed E-state index contributed by atoms with van der Waals surface area (Å²) in [4.78, 5) is 24.5. The summed E-state index contributed by atoms with van der Waals surface area (Å²) in [5.41, 5.74) is 1.21. The van der Waals surface area contributed by atoms with Crippen molar-refractivity contribution in [1.82, 2.24) is 17.7 Å². The number of hydrogen-bond donors (Lipinski definition) is 1. The van der Waals surface area contributed by atoms with Crippen molar-refractivity contribution in [3.63, 3.8) is 0 Å². The van der Waals surface area contributed by atoms with Crippen LogP contribution in [0.2, 0.25) is 0 Å². The summed E-state index contributed by atoms with van der Waals surface area (Å²) < 4.78 is 7.32. The maximum atomic E-state index is 11.7. The second-order valence-electron chi connectivity index (χ2n) is 4.57. The third kappa shape index (κ3) is 3.17. The van der Waals surface area contributed by atoms with E-state index >= 15 is 0 Å². The molecule has 0 bridgehead atoms. The molecule has 2 rings (SSSR count). The van der Waals surface area contributed by atoms with Crippen molar-refractivity contribution in [2.24, 2.45) is 5.92 Å². The first-order chi connectivity index (χ1) is 9.52. The second kappa shape index (κ2) is 6.33. The van der Waals surface area contributed by atoms with Crippen LogP contribution in [-0.2, 0) is 4.79 Å². The van der Waals surface area contributed by atoms with Crippen LogP contribution >= 0.6 is 22.9 Å². The van der Waals surface area contributed by atoms with Crippen LogP contribution in [-0.4, -0.2) is 30.2 Å². The maximum Gasteiger partial charge on any atom is 0.247 e. The van der Waals surface area contributed by atoms with Crippen LogP contribution in [0.3, 0.4) is 0 Å². The van der Waals surface area contributed by atoms with E-state index in [4.69, 9.17) is 4.74 Å². The lowest BCUT2D eigenvalue weighted by Crippen LogP contribution is -2.19. The molecular weight excluding hydrogens is 373 g/mol. The molecule has 1 N–H and O–H groups in total. The van der Waals surface area contributed by atoms with E-state index in [2.05, 4.69) is 43.1 Å². The first-order valence-corrected chi connectivity index (χ1v) is 7.34. The molecule has 0 aliphatic heterocycles. The minimum absolute atomic E-state index is 0.134. The maximum absolute atomic E-state index is 11.7. The van der Waals surface area contributed by atoms with E-state index in [1.54, 1.807) is 9.11 Å². The lowest BCUT2D eigenvalue weighted by Gasteiger charge is -2.09. The normalized spacial score (nSPS) is 11.1. The summed E-state index contributed by atoms with van der Waals surface area (Å²) in [5.74, 6) is 0.358. The van der Waals surface area contributed by atoms with E-state index in [9.17, 15) is 4.79 Å². The molecule has 0 saturated heterocycles. The number of hydrogen-bond acceptors (Lipinski definition) is 5. The van der Waals surface area contributed by atoms with Crippen molar-refractivity contribution in [3.05, 3.63) is 6.33 Å². The van der Waals surface area contributed by atoms with Gasteiger partial charge in [-0.1, -0.05) is 20.8 Å². The van der Waals surface area contributed by atoms with Crippen molar-refractivity contribution in [1.29, 1.82) is 0 Å². The number of anilines is 1. The number of ether oxygens (including phenoxy) is 1. The SMILES string of the molecule is CCCOc1nc(NC(=O)C(C)C)nc2c1ncn2I. The van der Waals surface area contributed by atoms with Crippen LogP contribution in [0.25, 0.3) is 11.2 Å². The zero-order valence-corrected chi connectivity index (χ0v) is 13.7. The Kier molecular flexibility index (Phi) is 4.73. The molecule has 0 atom stereocenters. The highest BCUT2D eigenvalue weighted by Gasteiger charge is 2.16. The first kappa shape index (κ1) is 14.9. The fourth-order valence-corrected chi connectivity index (χ4v) is 1.92. The van der Waals surface area contributed by atoms with Gasteiger partial charge in [-0.15, -0.1) is 0 Å². The molecule has 0 fully saturated rings. The van der Waals surface area contributed by atoms with Crippen molar-refractivity contribution in [2.45, 2.75) is 27.2 Å². The van der Waals surface area contributed by atoms with E-state index in [0.717, 1.165) is 6.42 Å². The summed E-state index contributed by atoms with van der Waals surface area (Å²) >= 11 is 2.07. The number of carbonyl (C=O) groups excluding carboxylic acids is 1. The van der Waals surface area contributed by atoms with Gasteiger partial charge in [0.1, 0.15) is 6.33 Å². The van der Waals surface area contributed by atoms with Crippen molar-refractivity contribution in [2.75, 3.05) is 11.9 Å². The Bertz CT molecular complexity index is 626. The summed E-state index contributed by atoms with van der Waals surface area (Å²) in [6.07, 6.45) is 2.50. The molecule has 108 valence electrons. The van der Waals surface area contributed by atoms with Gasteiger partial charge in [-0.2, -0.15) is 9.97 Å². The molecule has 0 aliphatic rings. The van der Waals surface area contributed by atoms with E-state index < -0.39 is 0 Å². The molecule has 0 unspecified atom stereocenters. The molecule has 2 aromatic rings. The van der Waals surface area contributed by atoms with E-state index in [-0.39, 0.29) is 17.8 Å². The van der Waals surface area contributed by atoms with Crippen LogP contribution in [0.15, 0.2) is 6.33 Å². The Morgan fingerprint density at radius 2 is 2.25 bits per heavy atom. The summed E-state index contributed by atoms with van der Waals surface area (Å²) in [6, 6.07) is 0. The number of rotatable bonds is 5. The Morgan fingerprint density at radius 1 is 1.50 bits per heavy atom. The number of nitrogens with zero attached hydrogens (tertiary/aromatic N) is 4. The third-order valence-corrected chi connectivity index (χ3v) is 3.23. The Morgan fingerprint density at radius 3 is 2.90 bits per heavy atom. The van der Waals surface area contributed by atoms with Gasteiger partial charge in [0.15, 0.2) is 11.2 Å². The predicted molar refractivity (Wildman–Crippen MR) is 84.0 cm³/mol. The lowest BCUT2D eigenvalue weighted by molar-refractivity contribution is -0.118. The van der Waals surface area contributed by atoms with Crippen LogP contribution in [0.5, 0.6) is 5.88 Å². The van der Waals surface area contributed by atoms with Crippen LogP contribution in [0, 0.1) is 5.92 Å². The molecular formula is C12H16IN5O2. The molecule has 2 aromatic heterocycles. The van der Waals surface area contributed by atoms with Crippen molar-refractivity contribution >= 4 is 45.9 Å². The lowest BCUT2D eigenvalue weighted by atomic mass is 10.2. The number of aromatic nitrogens is 4. The monoisotopic (exact) mass is 389 g/mol. The van der Waals surface area contributed by atoms with Crippen molar-refractivity contribution < 1.29 is 9.53 Å². The second-order valence-corrected chi connectivity index (χ2v) is 5.61. The smallest absolute Gasteiger partial charge is 0.247 e. The van der Waals surface area contributed by atoms with Gasteiger partial charge < -0.3 is 4.74 Å². The summed E-state index contributed by atoms with van der Waals surface area (Å²) in [7, 11) is 0. The van der Waals surface area contributed by atoms with Gasteiger partial charge in [-0.05, 0) is 6.42 Å². The number of carbonyl (C=O) groups is 1. The highest BCUT2D eigenvalue weighted by atomic mass is 127. The predicted octanol–water partition coefficient (Wildman–Crippen LogP) is 2.41.